The molecule has 0 saturated carbocycles. The highest BCUT2D eigenvalue weighted by molar-refractivity contribution is 5.92. The van der Waals surface area contributed by atoms with Crippen molar-refractivity contribution >= 4 is 11.7 Å². The second-order valence-corrected chi connectivity index (χ2v) is 5.83. The molecule has 2 aromatic rings. The molecule has 0 unspecified atom stereocenters. The summed E-state index contributed by atoms with van der Waals surface area (Å²) in [5, 5.41) is 9.27. The smallest absolute Gasteiger partial charge is 0.269 e. The summed E-state index contributed by atoms with van der Waals surface area (Å²) in [5.41, 5.74) is 6.96. The van der Waals surface area contributed by atoms with Crippen LogP contribution in [0, 0.1) is 0 Å². The molecule has 1 aromatic heterocycles. The number of rotatable bonds is 7. The number of hydrogen-bond acceptors (Lipinski definition) is 4. The lowest BCUT2D eigenvalue weighted by Crippen LogP contribution is -2.31. The van der Waals surface area contributed by atoms with Crippen LogP contribution >= 0.6 is 0 Å². The molecule has 0 saturated heterocycles. The normalized spacial score (nSPS) is 13.3. The molecule has 0 aliphatic rings. The van der Waals surface area contributed by atoms with Crippen LogP contribution in [0.15, 0.2) is 30.3 Å². The van der Waals surface area contributed by atoms with Gasteiger partial charge in [-0.25, -0.2) is 0 Å². The van der Waals surface area contributed by atoms with E-state index >= 15 is 0 Å². The molecular weight excluding hydrogens is 292 g/mol. The van der Waals surface area contributed by atoms with Crippen LogP contribution in [0.3, 0.4) is 0 Å². The first-order valence-electron chi connectivity index (χ1n) is 7.72. The minimum atomic E-state index is -0.201. The van der Waals surface area contributed by atoms with E-state index in [9.17, 15) is 4.79 Å². The Hall–Kier alpha value is -2.50. The Morgan fingerprint density at radius 3 is 2.78 bits per heavy atom. The molecule has 1 atom stereocenters. The van der Waals surface area contributed by atoms with Crippen molar-refractivity contribution in [2.75, 3.05) is 19.4 Å². The van der Waals surface area contributed by atoms with Crippen molar-refractivity contribution in [2.24, 2.45) is 0 Å². The van der Waals surface area contributed by atoms with E-state index < -0.39 is 0 Å². The largest absolute Gasteiger partial charge is 0.496 e. The summed E-state index contributed by atoms with van der Waals surface area (Å²) in [6.45, 7) is 4.88. The van der Waals surface area contributed by atoms with Gasteiger partial charge in [0.15, 0.2) is 0 Å². The number of para-hydroxylation sites is 1. The summed E-state index contributed by atoms with van der Waals surface area (Å²) >= 11 is 0. The average Bonchev–Trinajstić information content (AvgIpc) is 3.01. The number of nitrogens with zero attached hydrogens (tertiary/aromatic N) is 1. The first-order valence-corrected chi connectivity index (χ1v) is 7.72. The third-order valence-electron chi connectivity index (χ3n) is 4.34. The van der Waals surface area contributed by atoms with E-state index in [4.69, 9.17) is 10.5 Å². The molecule has 124 valence electrons. The van der Waals surface area contributed by atoms with Gasteiger partial charge in [-0.3, -0.25) is 9.89 Å². The van der Waals surface area contributed by atoms with Gasteiger partial charge >= 0.3 is 0 Å². The highest BCUT2D eigenvalue weighted by Gasteiger charge is 2.27. The van der Waals surface area contributed by atoms with Gasteiger partial charge in [0.05, 0.1) is 7.11 Å². The third kappa shape index (κ3) is 3.83. The summed E-state index contributed by atoms with van der Waals surface area (Å²) in [6, 6.07) is 9.55. The molecule has 1 heterocycles. The maximum absolute atomic E-state index is 12.0. The van der Waals surface area contributed by atoms with E-state index in [1.807, 2.05) is 18.2 Å². The quantitative estimate of drug-likeness (QED) is 0.731. The summed E-state index contributed by atoms with van der Waals surface area (Å²) in [7, 11) is 1.68. The molecule has 0 bridgehead atoms. The van der Waals surface area contributed by atoms with Crippen molar-refractivity contribution in [3.05, 3.63) is 41.6 Å². The van der Waals surface area contributed by atoms with Gasteiger partial charge in [-0.15, -0.1) is 0 Å². The number of hydrogen-bond donors (Lipinski definition) is 3. The van der Waals surface area contributed by atoms with Crippen LogP contribution in [-0.4, -0.2) is 29.8 Å². The molecule has 6 heteroatoms. The fourth-order valence-corrected chi connectivity index (χ4v) is 2.65. The van der Waals surface area contributed by atoms with Crippen LogP contribution in [0.1, 0.15) is 42.7 Å². The maximum Gasteiger partial charge on any atom is 0.269 e. The maximum atomic E-state index is 12.0. The molecule has 1 amide bonds. The van der Waals surface area contributed by atoms with Crippen molar-refractivity contribution in [1.82, 2.24) is 15.5 Å². The van der Waals surface area contributed by atoms with Crippen LogP contribution in [0.4, 0.5) is 5.82 Å². The second kappa shape index (κ2) is 7.17. The molecule has 0 radical (unpaired) electrons. The second-order valence-electron chi connectivity index (χ2n) is 5.83. The molecule has 0 fully saturated rings. The number of nitrogen functional groups attached to an aromatic ring is 1. The summed E-state index contributed by atoms with van der Waals surface area (Å²) < 4.78 is 5.48. The molecule has 0 aliphatic heterocycles. The summed E-state index contributed by atoms with van der Waals surface area (Å²) in [4.78, 5) is 12.0. The van der Waals surface area contributed by atoms with E-state index in [2.05, 4.69) is 35.4 Å². The van der Waals surface area contributed by atoms with Crippen LogP contribution in [-0.2, 0) is 5.41 Å². The zero-order chi connectivity index (χ0) is 16.9. The molecule has 0 aliphatic carbocycles. The topological polar surface area (TPSA) is 93.0 Å². The summed E-state index contributed by atoms with van der Waals surface area (Å²) in [5.74, 6) is 0.986. The summed E-state index contributed by atoms with van der Waals surface area (Å²) in [6.07, 6.45) is 1.75. The molecule has 23 heavy (non-hydrogen) atoms. The predicted octanol–water partition coefficient (Wildman–Crippen LogP) is 2.49. The average molecular weight is 316 g/mol. The van der Waals surface area contributed by atoms with Crippen LogP contribution < -0.4 is 15.8 Å². The van der Waals surface area contributed by atoms with Crippen molar-refractivity contribution in [3.8, 4) is 5.75 Å². The first-order chi connectivity index (χ1) is 11.0. The van der Waals surface area contributed by atoms with Crippen molar-refractivity contribution < 1.29 is 9.53 Å². The predicted molar refractivity (Wildman–Crippen MR) is 90.6 cm³/mol. The number of nitrogens with two attached hydrogens (primary N) is 1. The fraction of sp³-hybridized carbons (Fsp3) is 0.412. The molecule has 1 aromatic carbocycles. The van der Waals surface area contributed by atoms with Gasteiger partial charge in [0.1, 0.15) is 17.3 Å². The minimum Gasteiger partial charge on any atom is -0.496 e. The van der Waals surface area contributed by atoms with Crippen LogP contribution in [0.2, 0.25) is 0 Å². The number of ether oxygens (including phenoxy) is 1. The Balaban J connectivity index is 2.03. The number of amides is 1. The van der Waals surface area contributed by atoms with Gasteiger partial charge in [-0.2, -0.15) is 5.10 Å². The van der Waals surface area contributed by atoms with Crippen molar-refractivity contribution in [3.63, 3.8) is 0 Å². The number of methoxy groups -OCH3 is 1. The van der Waals surface area contributed by atoms with E-state index in [0.717, 1.165) is 24.2 Å². The van der Waals surface area contributed by atoms with Gasteiger partial charge in [0.2, 0.25) is 0 Å². The Bertz CT molecular complexity index is 668. The zero-order valence-corrected chi connectivity index (χ0v) is 13.8. The first kappa shape index (κ1) is 16.9. The SMILES string of the molecule is CC[C@](C)(CCNC(=O)c1cc(N)n[nH]1)c1ccccc1OC. The molecule has 6 nitrogen and oxygen atoms in total. The lowest BCUT2D eigenvalue weighted by molar-refractivity contribution is 0.0945. The number of aromatic nitrogens is 2. The van der Waals surface area contributed by atoms with Crippen molar-refractivity contribution in [2.45, 2.75) is 32.1 Å². The number of benzene rings is 1. The van der Waals surface area contributed by atoms with E-state index in [1.165, 1.54) is 6.07 Å². The van der Waals surface area contributed by atoms with Gasteiger partial charge < -0.3 is 15.8 Å². The molecule has 0 spiro atoms. The number of anilines is 1. The highest BCUT2D eigenvalue weighted by Crippen LogP contribution is 2.36. The lowest BCUT2D eigenvalue weighted by Gasteiger charge is -2.30. The Morgan fingerprint density at radius 1 is 1.43 bits per heavy atom. The van der Waals surface area contributed by atoms with Gasteiger partial charge in [0.25, 0.3) is 5.91 Å². The Kier molecular flexibility index (Phi) is 5.26. The molecular formula is C17H24N4O2. The standard InChI is InChI=1S/C17H24N4O2/c1-4-17(2,12-7-5-6-8-14(12)23-3)9-10-19-16(22)13-11-15(18)21-20-13/h5-8,11H,4,9-10H2,1-3H3,(H,19,22)(H3,18,20,21)/t17-/m1/s1. The number of carbonyl (C=O) groups is 1. The number of H-pyrrole nitrogens is 1. The van der Waals surface area contributed by atoms with E-state index in [-0.39, 0.29) is 11.3 Å². The zero-order valence-electron chi connectivity index (χ0n) is 13.8. The highest BCUT2D eigenvalue weighted by atomic mass is 16.5. The van der Waals surface area contributed by atoms with E-state index in [0.29, 0.717) is 18.1 Å². The number of nitrogens with one attached hydrogen (secondary N) is 2. The van der Waals surface area contributed by atoms with Crippen LogP contribution in [0.5, 0.6) is 5.75 Å². The Morgan fingerprint density at radius 2 is 2.17 bits per heavy atom. The minimum absolute atomic E-state index is 0.0765. The number of carbonyl (C=O) groups excluding carboxylic acids is 1. The molecule has 2 rings (SSSR count). The number of aromatic amines is 1. The van der Waals surface area contributed by atoms with Gasteiger partial charge in [0, 0.05) is 18.2 Å². The Labute approximate surface area is 136 Å². The fourth-order valence-electron chi connectivity index (χ4n) is 2.65. The third-order valence-corrected chi connectivity index (χ3v) is 4.34. The monoisotopic (exact) mass is 316 g/mol. The van der Waals surface area contributed by atoms with Gasteiger partial charge in [-0.05, 0) is 24.3 Å². The molecule has 4 N–H and O–H groups in total. The van der Waals surface area contributed by atoms with Crippen LogP contribution in [0.25, 0.3) is 0 Å². The lowest BCUT2D eigenvalue weighted by atomic mass is 9.77. The van der Waals surface area contributed by atoms with E-state index in [1.54, 1.807) is 7.11 Å². The van der Waals surface area contributed by atoms with Gasteiger partial charge in [-0.1, -0.05) is 32.0 Å². The van der Waals surface area contributed by atoms with Crippen molar-refractivity contribution in [1.29, 1.82) is 0 Å².